The summed E-state index contributed by atoms with van der Waals surface area (Å²) in [6, 6.07) is 7.63. The highest BCUT2D eigenvalue weighted by molar-refractivity contribution is 5.31. The molecular weight excluding hydrogens is 256 g/mol. The van der Waals surface area contributed by atoms with Crippen molar-refractivity contribution < 1.29 is 4.74 Å². The van der Waals surface area contributed by atoms with Gasteiger partial charge in [0.25, 0.3) is 5.56 Å². The summed E-state index contributed by atoms with van der Waals surface area (Å²) < 4.78 is 5.51. The Labute approximate surface area is 116 Å². The zero-order valence-electron chi connectivity index (χ0n) is 11.7. The first kappa shape index (κ1) is 14.1. The molecule has 1 aromatic heterocycles. The summed E-state index contributed by atoms with van der Waals surface area (Å²) in [5.41, 5.74) is 1.36. The molecule has 5 nitrogen and oxygen atoms in total. The van der Waals surface area contributed by atoms with E-state index in [4.69, 9.17) is 4.74 Å². The maximum absolute atomic E-state index is 11.8. The molecular formula is C15H18N2O3. The molecule has 0 saturated heterocycles. The molecule has 2 N–H and O–H groups in total. The fourth-order valence-corrected chi connectivity index (χ4v) is 1.97. The van der Waals surface area contributed by atoms with Crippen LogP contribution in [-0.2, 0) is 6.42 Å². The van der Waals surface area contributed by atoms with Gasteiger partial charge in [-0.1, -0.05) is 19.1 Å². The summed E-state index contributed by atoms with van der Waals surface area (Å²) in [5.74, 6) is 0.822. The molecule has 0 bridgehead atoms. The lowest BCUT2D eigenvalue weighted by Gasteiger charge is -2.07. The van der Waals surface area contributed by atoms with Gasteiger partial charge in [0.05, 0.1) is 6.61 Å². The number of benzene rings is 1. The van der Waals surface area contributed by atoms with E-state index in [-0.39, 0.29) is 5.56 Å². The second-order valence-corrected chi connectivity index (χ2v) is 4.68. The minimum absolute atomic E-state index is 0.336. The molecule has 0 radical (unpaired) electrons. The Morgan fingerprint density at radius 1 is 1.10 bits per heavy atom. The third kappa shape index (κ3) is 3.38. The summed E-state index contributed by atoms with van der Waals surface area (Å²) in [5, 5.41) is 0. The van der Waals surface area contributed by atoms with E-state index in [1.54, 1.807) is 6.92 Å². The van der Waals surface area contributed by atoms with Gasteiger partial charge in [0.1, 0.15) is 5.75 Å². The van der Waals surface area contributed by atoms with Gasteiger partial charge in [-0.25, -0.2) is 4.79 Å². The van der Waals surface area contributed by atoms with Crippen molar-refractivity contribution >= 4 is 0 Å². The summed E-state index contributed by atoms with van der Waals surface area (Å²) in [7, 11) is 0. The van der Waals surface area contributed by atoms with Crippen LogP contribution in [0.1, 0.15) is 30.2 Å². The highest BCUT2D eigenvalue weighted by Gasteiger charge is 2.07. The van der Waals surface area contributed by atoms with Crippen LogP contribution in [0.5, 0.6) is 5.75 Å². The van der Waals surface area contributed by atoms with Gasteiger partial charge in [-0.05, 0) is 31.0 Å². The SMILES string of the molecule is CCCOc1ccc(Cc2c(C)[nH]c(=O)[nH]c2=O)cc1. The van der Waals surface area contributed by atoms with Crippen LogP contribution in [0.3, 0.4) is 0 Å². The first-order valence-corrected chi connectivity index (χ1v) is 6.64. The van der Waals surface area contributed by atoms with Crippen molar-refractivity contribution in [3.8, 4) is 5.75 Å². The predicted octanol–water partition coefficient (Wildman–Crippen LogP) is 1.75. The normalized spacial score (nSPS) is 10.5. The van der Waals surface area contributed by atoms with Crippen molar-refractivity contribution in [3.63, 3.8) is 0 Å². The number of rotatable bonds is 5. The van der Waals surface area contributed by atoms with E-state index in [0.29, 0.717) is 24.3 Å². The van der Waals surface area contributed by atoms with Gasteiger partial charge in [0.2, 0.25) is 0 Å². The van der Waals surface area contributed by atoms with Crippen molar-refractivity contribution in [2.75, 3.05) is 6.61 Å². The summed E-state index contributed by atoms with van der Waals surface area (Å²) in [6.45, 7) is 4.47. The quantitative estimate of drug-likeness (QED) is 0.872. The van der Waals surface area contributed by atoms with E-state index >= 15 is 0 Å². The van der Waals surface area contributed by atoms with E-state index in [1.807, 2.05) is 24.3 Å². The van der Waals surface area contributed by atoms with Crippen molar-refractivity contribution in [3.05, 3.63) is 61.9 Å². The lowest BCUT2D eigenvalue weighted by Crippen LogP contribution is -2.27. The smallest absolute Gasteiger partial charge is 0.325 e. The molecule has 5 heteroatoms. The number of H-pyrrole nitrogens is 2. The first-order valence-electron chi connectivity index (χ1n) is 6.64. The molecule has 1 aromatic carbocycles. The molecule has 0 aliphatic heterocycles. The number of aromatic nitrogens is 2. The topological polar surface area (TPSA) is 75.0 Å². The van der Waals surface area contributed by atoms with Gasteiger partial charge in [-0.15, -0.1) is 0 Å². The van der Waals surface area contributed by atoms with Gasteiger partial charge in [0, 0.05) is 17.7 Å². The van der Waals surface area contributed by atoms with E-state index in [0.717, 1.165) is 17.7 Å². The number of hydrogen-bond donors (Lipinski definition) is 2. The Balaban J connectivity index is 2.18. The lowest BCUT2D eigenvalue weighted by molar-refractivity contribution is 0.317. The fraction of sp³-hybridized carbons (Fsp3) is 0.333. The molecule has 0 spiro atoms. The van der Waals surface area contributed by atoms with Crippen LogP contribution in [0.2, 0.25) is 0 Å². The van der Waals surface area contributed by atoms with Crippen LogP contribution < -0.4 is 16.0 Å². The first-order chi connectivity index (χ1) is 9.60. The molecule has 0 atom stereocenters. The Morgan fingerprint density at radius 2 is 1.80 bits per heavy atom. The minimum atomic E-state index is -0.473. The number of aromatic amines is 2. The minimum Gasteiger partial charge on any atom is -0.494 e. The summed E-state index contributed by atoms with van der Waals surface area (Å²) in [6.07, 6.45) is 1.44. The fourth-order valence-electron chi connectivity index (χ4n) is 1.97. The average Bonchev–Trinajstić information content (AvgIpc) is 2.42. The molecule has 0 amide bonds. The van der Waals surface area contributed by atoms with Crippen LogP contribution >= 0.6 is 0 Å². The zero-order valence-corrected chi connectivity index (χ0v) is 11.7. The Bertz CT molecular complexity index is 684. The van der Waals surface area contributed by atoms with Crippen molar-refractivity contribution in [2.24, 2.45) is 0 Å². The largest absolute Gasteiger partial charge is 0.494 e. The van der Waals surface area contributed by atoms with Gasteiger partial charge in [-0.3, -0.25) is 9.78 Å². The molecule has 106 valence electrons. The standard InChI is InChI=1S/C15H18N2O3/c1-3-8-20-12-6-4-11(5-7-12)9-13-10(2)16-15(19)17-14(13)18/h4-7H,3,8-9H2,1-2H3,(H2,16,17,18,19). The Morgan fingerprint density at radius 3 is 2.40 bits per heavy atom. The van der Waals surface area contributed by atoms with Crippen LogP contribution in [-0.4, -0.2) is 16.6 Å². The van der Waals surface area contributed by atoms with Crippen molar-refractivity contribution in [2.45, 2.75) is 26.7 Å². The molecule has 20 heavy (non-hydrogen) atoms. The van der Waals surface area contributed by atoms with Gasteiger partial charge in [-0.2, -0.15) is 0 Å². The Hall–Kier alpha value is -2.30. The third-order valence-electron chi connectivity index (χ3n) is 3.03. The second-order valence-electron chi connectivity index (χ2n) is 4.68. The maximum atomic E-state index is 11.8. The molecule has 0 aliphatic rings. The van der Waals surface area contributed by atoms with Crippen LogP contribution in [0, 0.1) is 6.92 Å². The lowest BCUT2D eigenvalue weighted by atomic mass is 10.1. The highest BCUT2D eigenvalue weighted by atomic mass is 16.5. The molecule has 2 aromatic rings. The molecule has 0 aliphatic carbocycles. The highest BCUT2D eigenvalue weighted by Crippen LogP contribution is 2.14. The van der Waals surface area contributed by atoms with Crippen LogP contribution in [0.15, 0.2) is 33.9 Å². The number of ether oxygens (including phenoxy) is 1. The number of nitrogens with one attached hydrogen (secondary N) is 2. The van der Waals surface area contributed by atoms with E-state index < -0.39 is 5.69 Å². The monoisotopic (exact) mass is 274 g/mol. The van der Waals surface area contributed by atoms with Crippen LogP contribution in [0.25, 0.3) is 0 Å². The van der Waals surface area contributed by atoms with E-state index in [9.17, 15) is 9.59 Å². The van der Waals surface area contributed by atoms with Gasteiger partial charge < -0.3 is 9.72 Å². The van der Waals surface area contributed by atoms with Crippen LogP contribution in [0.4, 0.5) is 0 Å². The third-order valence-corrected chi connectivity index (χ3v) is 3.03. The zero-order chi connectivity index (χ0) is 14.5. The average molecular weight is 274 g/mol. The molecule has 0 fully saturated rings. The summed E-state index contributed by atoms with van der Waals surface area (Å²) in [4.78, 5) is 27.8. The molecule has 0 saturated carbocycles. The molecule has 2 rings (SSSR count). The second kappa shape index (κ2) is 6.23. The van der Waals surface area contributed by atoms with E-state index in [2.05, 4.69) is 16.9 Å². The Kier molecular flexibility index (Phi) is 4.40. The number of aryl methyl sites for hydroxylation is 1. The predicted molar refractivity (Wildman–Crippen MR) is 77.5 cm³/mol. The van der Waals surface area contributed by atoms with Gasteiger partial charge >= 0.3 is 5.69 Å². The summed E-state index contributed by atoms with van der Waals surface area (Å²) >= 11 is 0. The maximum Gasteiger partial charge on any atom is 0.325 e. The van der Waals surface area contributed by atoms with E-state index in [1.165, 1.54) is 0 Å². The van der Waals surface area contributed by atoms with Crippen molar-refractivity contribution in [1.29, 1.82) is 0 Å². The molecule has 0 unspecified atom stereocenters. The molecule has 1 heterocycles. The van der Waals surface area contributed by atoms with Crippen molar-refractivity contribution in [1.82, 2.24) is 9.97 Å². The number of hydrogen-bond acceptors (Lipinski definition) is 3. The van der Waals surface area contributed by atoms with Gasteiger partial charge in [0.15, 0.2) is 0 Å².